The molecule has 0 bridgehead atoms. The standard InChI is InChI=1S/C19H20F2N4O2.HI/c1-27-13-7-5-12(6-8-13)18(26)22-9-10-23-19-24-11-16(25-19)17-14(20)3-2-4-15(17)21;/h2-8,16H,9-11H2,1H3,(H,22,26)(H2,23,24,25);1H. The number of amides is 1. The lowest BCUT2D eigenvalue weighted by molar-refractivity contribution is 0.0954. The number of aliphatic imine (C=N–C) groups is 1. The van der Waals surface area contributed by atoms with E-state index in [2.05, 4.69) is 20.9 Å². The summed E-state index contributed by atoms with van der Waals surface area (Å²) in [5.74, 6) is -0.279. The number of halogens is 3. The molecule has 28 heavy (non-hydrogen) atoms. The molecule has 0 radical (unpaired) electrons. The molecule has 2 aromatic rings. The molecule has 9 heteroatoms. The predicted octanol–water partition coefficient (Wildman–Crippen LogP) is 2.61. The van der Waals surface area contributed by atoms with Crippen molar-refractivity contribution in [2.45, 2.75) is 6.04 Å². The summed E-state index contributed by atoms with van der Waals surface area (Å²) in [6.07, 6.45) is 0. The molecule has 0 aliphatic carbocycles. The zero-order chi connectivity index (χ0) is 19.2. The van der Waals surface area contributed by atoms with Crippen LogP contribution >= 0.6 is 24.0 Å². The van der Waals surface area contributed by atoms with Crippen LogP contribution in [0.25, 0.3) is 0 Å². The number of methoxy groups -OCH3 is 1. The zero-order valence-electron chi connectivity index (χ0n) is 15.2. The van der Waals surface area contributed by atoms with Crippen LogP contribution in [0, 0.1) is 11.6 Å². The highest BCUT2D eigenvalue weighted by Crippen LogP contribution is 2.23. The first-order valence-corrected chi connectivity index (χ1v) is 8.49. The van der Waals surface area contributed by atoms with Crippen molar-refractivity contribution >= 4 is 35.8 Å². The average Bonchev–Trinajstić information content (AvgIpc) is 3.13. The van der Waals surface area contributed by atoms with E-state index in [0.29, 0.717) is 30.4 Å². The van der Waals surface area contributed by atoms with Crippen molar-refractivity contribution < 1.29 is 18.3 Å². The average molecular weight is 502 g/mol. The van der Waals surface area contributed by atoms with Crippen LogP contribution < -0.4 is 20.7 Å². The van der Waals surface area contributed by atoms with Gasteiger partial charge in [-0.05, 0) is 36.4 Å². The highest BCUT2D eigenvalue weighted by Gasteiger charge is 2.24. The molecule has 6 nitrogen and oxygen atoms in total. The van der Waals surface area contributed by atoms with Gasteiger partial charge in [0.25, 0.3) is 5.91 Å². The van der Waals surface area contributed by atoms with Crippen molar-refractivity contribution in [3.8, 4) is 5.75 Å². The first-order valence-electron chi connectivity index (χ1n) is 8.49. The largest absolute Gasteiger partial charge is 0.497 e. The Morgan fingerprint density at radius 3 is 2.50 bits per heavy atom. The Morgan fingerprint density at radius 2 is 1.86 bits per heavy atom. The third-order valence-corrected chi connectivity index (χ3v) is 4.15. The molecule has 0 aromatic heterocycles. The summed E-state index contributed by atoms with van der Waals surface area (Å²) in [6.45, 7) is 1.02. The van der Waals surface area contributed by atoms with E-state index in [4.69, 9.17) is 4.74 Å². The van der Waals surface area contributed by atoms with Crippen LogP contribution in [0.4, 0.5) is 8.78 Å². The van der Waals surface area contributed by atoms with Crippen molar-refractivity contribution in [1.29, 1.82) is 0 Å². The van der Waals surface area contributed by atoms with Crippen molar-refractivity contribution in [2.24, 2.45) is 4.99 Å². The fourth-order valence-electron chi connectivity index (χ4n) is 2.75. The molecular weight excluding hydrogens is 481 g/mol. The lowest BCUT2D eigenvalue weighted by Gasteiger charge is -2.14. The maximum absolute atomic E-state index is 13.8. The number of carbonyl (C=O) groups is 1. The molecule has 0 fully saturated rings. The van der Waals surface area contributed by atoms with Crippen molar-refractivity contribution in [3.63, 3.8) is 0 Å². The summed E-state index contributed by atoms with van der Waals surface area (Å²) in [6, 6.07) is 10.0. The van der Waals surface area contributed by atoms with E-state index in [0.717, 1.165) is 0 Å². The Bertz CT molecular complexity index is 826. The summed E-state index contributed by atoms with van der Waals surface area (Å²) >= 11 is 0. The van der Waals surface area contributed by atoms with Crippen molar-refractivity contribution in [1.82, 2.24) is 16.0 Å². The molecule has 2 aromatic carbocycles. The Hall–Kier alpha value is -2.43. The highest BCUT2D eigenvalue weighted by molar-refractivity contribution is 14.0. The number of hydrogen-bond acceptors (Lipinski definition) is 5. The number of guanidine groups is 1. The Morgan fingerprint density at radius 1 is 1.18 bits per heavy atom. The number of carbonyl (C=O) groups excluding carboxylic acids is 1. The zero-order valence-corrected chi connectivity index (χ0v) is 17.5. The maximum atomic E-state index is 13.8. The summed E-state index contributed by atoms with van der Waals surface area (Å²) < 4.78 is 32.7. The molecule has 0 saturated carbocycles. The Kier molecular flexibility index (Phi) is 7.97. The molecule has 1 heterocycles. The molecule has 150 valence electrons. The topological polar surface area (TPSA) is 74.8 Å². The lowest BCUT2D eigenvalue weighted by atomic mass is 10.1. The molecule has 1 unspecified atom stereocenters. The first kappa shape index (κ1) is 21.9. The van der Waals surface area contributed by atoms with Crippen LogP contribution in [-0.4, -0.2) is 38.6 Å². The molecule has 0 spiro atoms. The molecule has 1 atom stereocenters. The minimum absolute atomic E-state index is 0. The van der Waals surface area contributed by atoms with Gasteiger partial charge in [0.1, 0.15) is 17.4 Å². The molecular formula is C19H21F2IN4O2. The summed E-state index contributed by atoms with van der Waals surface area (Å²) in [4.78, 5) is 16.2. The van der Waals surface area contributed by atoms with Crippen molar-refractivity contribution in [2.75, 3.05) is 26.7 Å². The second-order valence-corrected chi connectivity index (χ2v) is 5.93. The van der Waals surface area contributed by atoms with Gasteiger partial charge >= 0.3 is 0 Å². The number of hydrogen-bond donors (Lipinski definition) is 3. The number of rotatable bonds is 6. The third kappa shape index (κ3) is 5.31. The number of ether oxygens (including phenoxy) is 1. The SMILES string of the molecule is COc1ccc(C(=O)NCCNC2=NCC(c3c(F)cccc3F)N2)cc1.I. The second kappa shape index (κ2) is 10.2. The van der Waals surface area contributed by atoms with Gasteiger partial charge in [0.05, 0.1) is 19.7 Å². The van der Waals surface area contributed by atoms with E-state index in [-0.39, 0.29) is 42.0 Å². The number of nitrogens with zero attached hydrogens (tertiary/aromatic N) is 1. The predicted molar refractivity (Wildman–Crippen MR) is 113 cm³/mol. The van der Waals surface area contributed by atoms with Gasteiger partial charge in [0, 0.05) is 24.2 Å². The van der Waals surface area contributed by atoms with Crippen LogP contribution in [-0.2, 0) is 0 Å². The van der Waals surface area contributed by atoms with Gasteiger partial charge < -0.3 is 20.7 Å². The van der Waals surface area contributed by atoms with Crippen LogP contribution in [0.1, 0.15) is 22.0 Å². The van der Waals surface area contributed by atoms with Gasteiger partial charge in [-0.25, -0.2) is 8.78 Å². The Labute approximate surface area is 178 Å². The Balaban J connectivity index is 0.00000280. The van der Waals surface area contributed by atoms with Crippen molar-refractivity contribution in [3.05, 3.63) is 65.2 Å². The maximum Gasteiger partial charge on any atom is 0.251 e. The monoisotopic (exact) mass is 502 g/mol. The molecule has 1 amide bonds. The normalized spacial score (nSPS) is 15.1. The fourth-order valence-corrected chi connectivity index (χ4v) is 2.75. The van der Waals surface area contributed by atoms with Crippen LogP contribution in [0.3, 0.4) is 0 Å². The van der Waals surface area contributed by atoms with Gasteiger partial charge in [0.2, 0.25) is 0 Å². The summed E-state index contributed by atoms with van der Waals surface area (Å²) in [5.41, 5.74) is 0.507. The summed E-state index contributed by atoms with van der Waals surface area (Å²) in [5, 5.41) is 8.73. The minimum Gasteiger partial charge on any atom is -0.497 e. The quantitative estimate of drug-likeness (QED) is 0.420. The van der Waals surface area contributed by atoms with E-state index in [1.165, 1.54) is 18.2 Å². The lowest BCUT2D eigenvalue weighted by Crippen LogP contribution is -2.40. The number of nitrogens with one attached hydrogen (secondary N) is 3. The minimum atomic E-state index is -0.601. The van der Waals surface area contributed by atoms with Gasteiger partial charge in [0.15, 0.2) is 5.96 Å². The summed E-state index contributed by atoms with van der Waals surface area (Å²) in [7, 11) is 1.56. The molecule has 3 N–H and O–H groups in total. The molecule has 0 saturated heterocycles. The third-order valence-electron chi connectivity index (χ3n) is 4.15. The van der Waals surface area contributed by atoms with Crippen LogP contribution in [0.2, 0.25) is 0 Å². The second-order valence-electron chi connectivity index (χ2n) is 5.93. The van der Waals surface area contributed by atoms with Crippen LogP contribution in [0.5, 0.6) is 5.75 Å². The molecule has 3 rings (SSSR count). The van der Waals surface area contributed by atoms with Crippen LogP contribution in [0.15, 0.2) is 47.5 Å². The first-order chi connectivity index (χ1) is 13.1. The highest BCUT2D eigenvalue weighted by atomic mass is 127. The molecule has 1 aliphatic heterocycles. The smallest absolute Gasteiger partial charge is 0.251 e. The van der Waals surface area contributed by atoms with E-state index >= 15 is 0 Å². The van der Waals surface area contributed by atoms with Gasteiger partial charge in [-0.3, -0.25) is 9.79 Å². The van der Waals surface area contributed by atoms with E-state index in [1.54, 1.807) is 31.4 Å². The van der Waals surface area contributed by atoms with Gasteiger partial charge in [-0.15, -0.1) is 24.0 Å². The fraction of sp³-hybridized carbons (Fsp3) is 0.263. The van der Waals surface area contributed by atoms with E-state index in [9.17, 15) is 13.6 Å². The van der Waals surface area contributed by atoms with E-state index < -0.39 is 17.7 Å². The number of benzene rings is 2. The van der Waals surface area contributed by atoms with Gasteiger partial charge in [-0.1, -0.05) is 6.07 Å². The van der Waals surface area contributed by atoms with E-state index in [1.807, 2.05) is 0 Å². The molecule has 1 aliphatic rings. The van der Waals surface area contributed by atoms with Gasteiger partial charge in [-0.2, -0.15) is 0 Å².